The van der Waals surface area contributed by atoms with Gasteiger partial charge in [-0.3, -0.25) is 4.99 Å². The number of aliphatic imine (C=N–C) groups is 1. The maximum Gasteiger partial charge on any atom is 0.194 e. The van der Waals surface area contributed by atoms with Gasteiger partial charge in [-0.15, -0.1) is 24.0 Å². The Morgan fingerprint density at radius 1 is 1.48 bits per heavy atom. The molecule has 0 unspecified atom stereocenters. The summed E-state index contributed by atoms with van der Waals surface area (Å²) in [4.78, 5) is 6.64. The molecule has 2 rings (SSSR count). The van der Waals surface area contributed by atoms with Crippen LogP contribution in [-0.2, 0) is 16.3 Å². The van der Waals surface area contributed by atoms with Crippen LogP contribution in [0.1, 0.15) is 26.5 Å². The fourth-order valence-electron chi connectivity index (χ4n) is 2.48. The minimum atomic E-state index is -3.04. The molecule has 0 aromatic carbocycles. The standard InChI is InChI=1S/C15H25N3O3S.HI/c1-4-16-14(17-8-7-13-6-5-10-21-13)18-9-11-22(19,20)15(2,3)12-18;/h5-6,10H,4,7-9,11-12H2,1-3H3,(H,16,17);1H. The highest BCUT2D eigenvalue weighted by atomic mass is 127. The van der Waals surface area contributed by atoms with Crippen molar-refractivity contribution in [2.24, 2.45) is 4.99 Å². The quantitative estimate of drug-likeness (QED) is 0.427. The summed E-state index contributed by atoms with van der Waals surface area (Å²) >= 11 is 0. The lowest BCUT2D eigenvalue weighted by molar-refractivity contribution is 0.353. The van der Waals surface area contributed by atoms with Crippen molar-refractivity contribution < 1.29 is 12.8 Å². The fourth-order valence-corrected chi connectivity index (χ4v) is 3.84. The third-order valence-corrected chi connectivity index (χ3v) is 6.41. The van der Waals surface area contributed by atoms with Crippen LogP contribution < -0.4 is 5.32 Å². The van der Waals surface area contributed by atoms with Gasteiger partial charge in [-0.2, -0.15) is 0 Å². The molecule has 6 nitrogen and oxygen atoms in total. The van der Waals surface area contributed by atoms with E-state index >= 15 is 0 Å². The SMILES string of the molecule is CCNC(=NCCc1ccco1)N1CCS(=O)(=O)C(C)(C)C1.I. The molecule has 1 aliphatic heterocycles. The molecular formula is C15H26IN3O3S. The zero-order valence-electron chi connectivity index (χ0n) is 13.9. The van der Waals surface area contributed by atoms with E-state index in [2.05, 4.69) is 10.3 Å². The van der Waals surface area contributed by atoms with Gasteiger partial charge in [-0.1, -0.05) is 0 Å². The summed E-state index contributed by atoms with van der Waals surface area (Å²) in [6, 6.07) is 3.79. The third kappa shape index (κ3) is 5.10. The molecule has 0 spiro atoms. The minimum absolute atomic E-state index is 0. The van der Waals surface area contributed by atoms with Crippen LogP contribution in [0.15, 0.2) is 27.8 Å². The summed E-state index contributed by atoms with van der Waals surface area (Å²) in [6.45, 7) is 7.87. The summed E-state index contributed by atoms with van der Waals surface area (Å²) in [5.41, 5.74) is 0. The minimum Gasteiger partial charge on any atom is -0.469 e. The van der Waals surface area contributed by atoms with E-state index < -0.39 is 14.6 Å². The van der Waals surface area contributed by atoms with Gasteiger partial charge in [-0.25, -0.2) is 8.42 Å². The Morgan fingerprint density at radius 3 is 2.78 bits per heavy atom. The van der Waals surface area contributed by atoms with Crippen molar-refractivity contribution in [3.8, 4) is 0 Å². The number of hydrogen-bond acceptors (Lipinski definition) is 4. The molecule has 2 heterocycles. The highest BCUT2D eigenvalue weighted by molar-refractivity contribution is 14.0. The van der Waals surface area contributed by atoms with Crippen LogP contribution in [0.25, 0.3) is 0 Å². The first-order valence-corrected chi connectivity index (χ1v) is 9.29. The van der Waals surface area contributed by atoms with Crippen LogP contribution in [0, 0.1) is 0 Å². The van der Waals surface area contributed by atoms with Crippen LogP contribution in [0.4, 0.5) is 0 Å². The Hall–Kier alpha value is -0.770. The van der Waals surface area contributed by atoms with Gasteiger partial charge in [0.05, 0.1) is 16.8 Å². The lowest BCUT2D eigenvalue weighted by Crippen LogP contribution is -2.57. The second kappa shape index (κ2) is 8.36. The van der Waals surface area contributed by atoms with Crippen LogP contribution in [0.5, 0.6) is 0 Å². The Bertz CT molecular complexity index is 612. The molecule has 132 valence electrons. The number of sulfone groups is 1. The maximum atomic E-state index is 12.1. The molecule has 1 aromatic heterocycles. The monoisotopic (exact) mass is 455 g/mol. The van der Waals surface area contributed by atoms with E-state index in [1.54, 1.807) is 20.1 Å². The number of nitrogens with one attached hydrogen (secondary N) is 1. The average Bonchev–Trinajstić information content (AvgIpc) is 2.94. The molecule has 0 atom stereocenters. The van der Waals surface area contributed by atoms with E-state index in [0.717, 1.165) is 24.7 Å². The zero-order valence-corrected chi connectivity index (χ0v) is 17.1. The van der Waals surface area contributed by atoms with Gasteiger partial charge in [-0.05, 0) is 32.9 Å². The molecule has 8 heteroatoms. The Balaban J connectivity index is 0.00000264. The largest absolute Gasteiger partial charge is 0.469 e. The molecule has 23 heavy (non-hydrogen) atoms. The Kier molecular flexibility index (Phi) is 7.37. The van der Waals surface area contributed by atoms with Crippen molar-refractivity contribution in [2.45, 2.75) is 31.9 Å². The number of hydrogen-bond donors (Lipinski definition) is 1. The molecule has 1 N–H and O–H groups in total. The van der Waals surface area contributed by atoms with Crippen LogP contribution in [0.2, 0.25) is 0 Å². The predicted molar refractivity (Wildman–Crippen MR) is 103 cm³/mol. The first-order chi connectivity index (χ1) is 10.4. The van der Waals surface area contributed by atoms with E-state index in [1.165, 1.54) is 0 Å². The van der Waals surface area contributed by atoms with Gasteiger partial charge in [0.2, 0.25) is 0 Å². The fraction of sp³-hybridized carbons (Fsp3) is 0.667. The zero-order chi connectivity index (χ0) is 16.2. The smallest absolute Gasteiger partial charge is 0.194 e. The molecule has 0 bridgehead atoms. The summed E-state index contributed by atoms with van der Waals surface area (Å²) in [5, 5.41) is 3.25. The van der Waals surface area contributed by atoms with Crippen molar-refractivity contribution >= 4 is 39.8 Å². The number of halogens is 1. The van der Waals surface area contributed by atoms with Crippen LogP contribution in [0.3, 0.4) is 0 Å². The lowest BCUT2D eigenvalue weighted by atomic mass is 10.2. The summed E-state index contributed by atoms with van der Waals surface area (Å²) in [7, 11) is -3.04. The molecular weight excluding hydrogens is 429 g/mol. The molecule has 1 saturated heterocycles. The van der Waals surface area contributed by atoms with Gasteiger partial charge < -0.3 is 14.6 Å². The van der Waals surface area contributed by atoms with Crippen molar-refractivity contribution in [1.82, 2.24) is 10.2 Å². The topological polar surface area (TPSA) is 74.9 Å². The number of furan rings is 1. The van der Waals surface area contributed by atoms with Crippen molar-refractivity contribution in [2.75, 3.05) is 31.9 Å². The van der Waals surface area contributed by atoms with Crippen molar-refractivity contribution in [3.63, 3.8) is 0 Å². The maximum absolute atomic E-state index is 12.1. The molecule has 0 saturated carbocycles. The summed E-state index contributed by atoms with van der Waals surface area (Å²) < 4.78 is 28.7. The number of guanidine groups is 1. The second-order valence-electron chi connectivity index (χ2n) is 6.07. The predicted octanol–water partition coefficient (Wildman–Crippen LogP) is 1.91. The lowest BCUT2D eigenvalue weighted by Gasteiger charge is -2.39. The Morgan fingerprint density at radius 2 is 2.22 bits per heavy atom. The second-order valence-corrected chi connectivity index (χ2v) is 8.81. The molecule has 0 radical (unpaired) electrons. The summed E-state index contributed by atoms with van der Waals surface area (Å²) in [6.07, 6.45) is 2.39. The highest BCUT2D eigenvalue weighted by Crippen LogP contribution is 2.23. The van der Waals surface area contributed by atoms with Crippen LogP contribution in [-0.4, -0.2) is 56.0 Å². The van der Waals surface area contributed by atoms with E-state index in [0.29, 0.717) is 19.6 Å². The van der Waals surface area contributed by atoms with E-state index in [-0.39, 0.29) is 29.7 Å². The van der Waals surface area contributed by atoms with Gasteiger partial charge >= 0.3 is 0 Å². The third-order valence-electron chi connectivity index (χ3n) is 3.88. The number of rotatable bonds is 4. The van der Waals surface area contributed by atoms with Gasteiger partial charge in [0.15, 0.2) is 15.8 Å². The van der Waals surface area contributed by atoms with E-state index in [4.69, 9.17) is 4.42 Å². The molecule has 1 aromatic rings. The first kappa shape index (κ1) is 20.3. The van der Waals surface area contributed by atoms with Crippen LogP contribution >= 0.6 is 24.0 Å². The van der Waals surface area contributed by atoms with Crippen molar-refractivity contribution in [1.29, 1.82) is 0 Å². The van der Waals surface area contributed by atoms with Crippen molar-refractivity contribution in [3.05, 3.63) is 24.2 Å². The summed E-state index contributed by atoms with van der Waals surface area (Å²) in [5.74, 6) is 1.85. The first-order valence-electron chi connectivity index (χ1n) is 7.63. The van der Waals surface area contributed by atoms with Gasteiger partial charge in [0, 0.05) is 32.6 Å². The molecule has 1 aliphatic rings. The molecule has 0 amide bonds. The Labute approximate surface area is 155 Å². The normalized spacial score (nSPS) is 20.0. The van der Waals surface area contributed by atoms with E-state index in [9.17, 15) is 8.42 Å². The number of nitrogens with zero attached hydrogens (tertiary/aromatic N) is 2. The van der Waals surface area contributed by atoms with E-state index in [1.807, 2.05) is 24.0 Å². The molecule has 0 aliphatic carbocycles. The average molecular weight is 455 g/mol. The highest BCUT2D eigenvalue weighted by Gasteiger charge is 2.40. The van der Waals surface area contributed by atoms with Gasteiger partial charge in [0.1, 0.15) is 5.76 Å². The van der Waals surface area contributed by atoms with Gasteiger partial charge in [0.25, 0.3) is 0 Å². The molecule has 1 fully saturated rings.